The summed E-state index contributed by atoms with van der Waals surface area (Å²) in [6.07, 6.45) is 4.11. The van der Waals surface area contributed by atoms with Crippen molar-refractivity contribution in [3.05, 3.63) is 90.0 Å². The lowest BCUT2D eigenvalue weighted by Gasteiger charge is -2.30. The second-order valence-electron chi connectivity index (χ2n) is 7.09. The predicted molar refractivity (Wildman–Crippen MR) is 121 cm³/mol. The first kappa shape index (κ1) is 19.8. The fraction of sp³-hybridized carbons (Fsp3) is 0.192. The number of para-hydroxylation sites is 1. The number of fused-ring (bicyclic) bond motifs is 1. The number of esters is 1. The maximum atomic E-state index is 13.0. The van der Waals surface area contributed by atoms with Gasteiger partial charge in [0.15, 0.2) is 0 Å². The van der Waals surface area contributed by atoms with E-state index in [-0.39, 0.29) is 5.97 Å². The minimum Gasteiger partial charge on any atom is -0.487 e. The number of carbonyl (C=O) groups is 1. The van der Waals surface area contributed by atoms with Crippen LogP contribution in [0.4, 0.5) is 11.4 Å². The van der Waals surface area contributed by atoms with Crippen LogP contribution < -0.4 is 9.64 Å². The zero-order valence-electron chi connectivity index (χ0n) is 17.3. The number of ether oxygens (including phenoxy) is 2. The molecule has 0 fully saturated rings. The normalized spacial score (nSPS) is 14.1. The molecule has 0 unspecified atom stereocenters. The number of hydrogen-bond acceptors (Lipinski definition) is 4. The van der Waals surface area contributed by atoms with Crippen molar-refractivity contribution in [2.45, 2.75) is 13.8 Å². The van der Waals surface area contributed by atoms with Crippen molar-refractivity contribution in [1.29, 1.82) is 0 Å². The van der Waals surface area contributed by atoms with E-state index in [1.807, 2.05) is 74.5 Å². The Kier molecular flexibility index (Phi) is 5.84. The molecule has 3 aromatic rings. The van der Waals surface area contributed by atoms with Gasteiger partial charge >= 0.3 is 5.97 Å². The molecule has 0 amide bonds. The van der Waals surface area contributed by atoms with Gasteiger partial charge in [-0.2, -0.15) is 0 Å². The zero-order valence-corrected chi connectivity index (χ0v) is 17.3. The van der Waals surface area contributed by atoms with Crippen LogP contribution in [-0.2, 0) is 4.74 Å². The highest BCUT2D eigenvalue weighted by molar-refractivity contribution is 6.02. The van der Waals surface area contributed by atoms with E-state index >= 15 is 0 Å². The van der Waals surface area contributed by atoms with Crippen molar-refractivity contribution in [2.24, 2.45) is 0 Å². The molecule has 1 heterocycles. The molecule has 0 saturated carbocycles. The van der Waals surface area contributed by atoms with E-state index in [4.69, 9.17) is 9.47 Å². The van der Waals surface area contributed by atoms with Crippen LogP contribution >= 0.6 is 0 Å². The number of benzene rings is 3. The minimum atomic E-state index is -0.317. The Morgan fingerprint density at radius 3 is 2.43 bits per heavy atom. The Morgan fingerprint density at radius 1 is 1.03 bits per heavy atom. The van der Waals surface area contributed by atoms with Gasteiger partial charge in [-0.05, 0) is 49.2 Å². The summed E-state index contributed by atoms with van der Waals surface area (Å²) < 4.78 is 11.6. The van der Waals surface area contributed by atoms with Crippen molar-refractivity contribution in [3.8, 4) is 16.9 Å². The highest BCUT2D eigenvalue weighted by atomic mass is 16.5. The van der Waals surface area contributed by atoms with Gasteiger partial charge in [0, 0.05) is 17.8 Å². The standard InChI is InChI=1S/C26H25NO3/c1-3-29-26(28)24-19(2)25-23(18-22(24)20-12-6-4-7-13-20)30-17-11-10-16-27(25)21-14-8-5-9-15-21/h4-15,18H,3,16-17H2,1-2H3/b11-10-. The lowest BCUT2D eigenvalue weighted by Crippen LogP contribution is -2.22. The van der Waals surface area contributed by atoms with Crippen LogP contribution in [0.15, 0.2) is 78.9 Å². The van der Waals surface area contributed by atoms with Gasteiger partial charge in [0.25, 0.3) is 0 Å². The van der Waals surface area contributed by atoms with Crippen LogP contribution in [-0.4, -0.2) is 25.7 Å². The summed E-state index contributed by atoms with van der Waals surface area (Å²) in [6, 6.07) is 22.0. The third kappa shape index (κ3) is 3.81. The number of hydrogen-bond donors (Lipinski definition) is 0. The highest BCUT2D eigenvalue weighted by Crippen LogP contribution is 2.43. The summed E-state index contributed by atoms with van der Waals surface area (Å²) in [5, 5.41) is 0. The van der Waals surface area contributed by atoms with Crippen molar-refractivity contribution >= 4 is 17.3 Å². The van der Waals surface area contributed by atoms with E-state index in [1.54, 1.807) is 0 Å². The Labute approximate surface area is 177 Å². The average Bonchev–Trinajstić information content (AvgIpc) is 2.76. The Balaban J connectivity index is 1.98. The number of carbonyl (C=O) groups excluding carboxylic acids is 1. The Hall–Kier alpha value is -3.53. The number of rotatable bonds is 4. The monoisotopic (exact) mass is 399 g/mol. The van der Waals surface area contributed by atoms with E-state index < -0.39 is 0 Å². The van der Waals surface area contributed by atoms with Gasteiger partial charge in [-0.3, -0.25) is 0 Å². The molecule has 0 bridgehead atoms. The van der Waals surface area contributed by atoms with E-state index in [0.717, 1.165) is 33.8 Å². The second-order valence-corrected chi connectivity index (χ2v) is 7.09. The lowest BCUT2D eigenvalue weighted by molar-refractivity contribution is 0.0526. The quantitative estimate of drug-likeness (QED) is 0.403. The first-order chi connectivity index (χ1) is 14.7. The van der Waals surface area contributed by atoms with Crippen LogP contribution in [0.1, 0.15) is 22.8 Å². The molecule has 30 heavy (non-hydrogen) atoms. The van der Waals surface area contributed by atoms with Crippen LogP contribution in [0.5, 0.6) is 5.75 Å². The molecular weight excluding hydrogens is 374 g/mol. The van der Waals surface area contributed by atoms with E-state index in [0.29, 0.717) is 25.3 Å². The molecule has 0 saturated heterocycles. The third-order valence-electron chi connectivity index (χ3n) is 5.20. The Morgan fingerprint density at radius 2 is 1.73 bits per heavy atom. The molecule has 0 aromatic heterocycles. The van der Waals surface area contributed by atoms with Gasteiger partial charge in [0.1, 0.15) is 12.4 Å². The van der Waals surface area contributed by atoms with E-state index in [2.05, 4.69) is 23.1 Å². The van der Waals surface area contributed by atoms with Crippen LogP contribution in [0, 0.1) is 6.92 Å². The average molecular weight is 399 g/mol. The number of nitrogens with zero attached hydrogens (tertiary/aromatic N) is 1. The van der Waals surface area contributed by atoms with Crippen molar-refractivity contribution in [1.82, 2.24) is 0 Å². The summed E-state index contributed by atoms with van der Waals surface area (Å²) in [5.74, 6) is 0.440. The summed E-state index contributed by atoms with van der Waals surface area (Å²) in [4.78, 5) is 15.2. The van der Waals surface area contributed by atoms with E-state index in [1.165, 1.54) is 0 Å². The highest BCUT2D eigenvalue weighted by Gasteiger charge is 2.27. The molecule has 1 aliphatic heterocycles. The molecule has 0 spiro atoms. The SMILES string of the molecule is CCOC(=O)c1c(-c2ccccc2)cc2c(c1C)N(c1ccccc1)C/C=C\CO2. The molecule has 152 valence electrons. The van der Waals surface area contributed by atoms with Gasteiger partial charge in [-0.1, -0.05) is 54.6 Å². The lowest BCUT2D eigenvalue weighted by atomic mass is 9.93. The van der Waals surface area contributed by atoms with Crippen molar-refractivity contribution in [2.75, 3.05) is 24.7 Å². The molecule has 1 aliphatic rings. The molecule has 0 N–H and O–H groups in total. The third-order valence-corrected chi connectivity index (χ3v) is 5.20. The maximum Gasteiger partial charge on any atom is 0.339 e. The first-order valence-electron chi connectivity index (χ1n) is 10.2. The minimum absolute atomic E-state index is 0.317. The van der Waals surface area contributed by atoms with E-state index in [9.17, 15) is 4.79 Å². The maximum absolute atomic E-state index is 13.0. The van der Waals surface area contributed by atoms with Gasteiger partial charge in [0.05, 0.1) is 17.9 Å². The van der Waals surface area contributed by atoms with Gasteiger partial charge in [-0.25, -0.2) is 4.79 Å². The summed E-state index contributed by atoms with van der Waals surface area (Å²) in [6.45, 7) is 5.30. The van der Waals surface area contributed by atoms with Crippen LogP contribution in [0.3, 0.4) is 0 Å². The molecule has 0 aliphatic carbocycles. The molecule has 4 rings (SSSR count). The van der Waals surface area contributed by atoms with Gasteiger partial charge < -0.3 is 14.4 Å². The number of anilines is 2. The van der Waals surface area contributed by atoms with Crippen molar-refractivity contribution < 1.29 is 14.3 Å². The predicted octanol–water partition coefficient (Wildman–Crippen LogP) is 5.93. The van der Waals surface area contributed by atoms with Gasteiger partial charge in [0.2, 0.25) is 0 Å². The molecule has 4 nitrogen and oxygen atoms in total. The Bertz CT molecular complexity index is 1060. The second kappa shape index (κ2) is 8.87. The topological polar surface area (TPSA) is 38.8 Å². The van der Waals surface area contributed by atoms with Gasteiger partial charge in [-0.15, -0.1) is 0 Å². The largest absolute Gasteiger partial charge is 0.487 e. The van der Waals surface area contributed by atoms with Crippen molar-refractivity contribution in [3.63, 3.8) is 0 Å². The summed E-state index contributed by atoms with van der Waals surface area (Å²) >= 11 is 0. The fourth-order valence-electron chi connectivity index (χ4n) is 3.85. The van der Waals surface area contributed by atoms with Crippen LogP contribution in [0.25, 0.3) is 11.1 Å². The molecular formula is C26H25NO3. The molecule has 4 heteroatoms. The fourth-order valence-corrected chi connectivity index (χ4v) is 3.85. The van der Waals surface area contributed by atoms with Crippen LogP contribution in [0.2, 0.25) is 0 Å². The summed E-state index contributed by atoms with van der Waals surface area (Å²) in [5.41, 5.74) is 5.15. The smallest absolute Gasteiger partial charge is 0.339 e. The first-order valence-corrected chi connectivity index (χ1v) is 10.2. The summed E-state index contributed by atoms with van der Waals surface area (Å²) in [7, 11) is 0. The molecule has 3 aromatic carbocycles. The molecule has 0 atom stereocenters. The molecule has 0 radical (unpaired) electrons. The zero-order chi connectivity index (χ0) is 20.9.